The van der Waals surface area contributed by atoms with Gasteiger partial charge in [-0.25, -0.2) is 9.97 Å². The highest BCUT2D eigenvalue weighted by Crippen LogP contribution is 2.26. The van der Waals surface area contributed by atoms with Crippen LogP contribution in [-0.4, -0.2) is 32.5 Å². The second-order valence-corrected chi connectivity index (χ2v) is 6.47. The third-order valence-corrected chi connectivity index (χ3v) is 4.34. The Morgan fingerprint density at radius 1 is 1.32 bits per heavy atom. The molecular formula is C17H25N5. The summed E-state index contributed by atoms with van der Waals surface area (Å²) in [5.74, 6) is 2.26. The number of aromatic nitrogens is 3. The van der Waals surface area contributed by atoms with Crippen LogP contribution < -0.4 is 5.73 Å². The Kier molecular flexibility index (Phi) is 4.43. The maximum atomic E-state index is 5.78. The van der Waals surface area contributed by atoms with Gasteiger partial charge in [0.15, 0.2) is 0 Å². The first-order valence-corrected chi connectivity index (χ1v) is 8.09. The van der Waals surface area contributed by atoms with Crippen LogP contribution in [0.5, 0.6) is 0 Å². The summed E-state index contributed by atoms with van der Waals surface area (Å²) in [7, 11) is 0. The van der Waals surface area contributed by atoms with Crippen LogP contribution in [0, 0.1) is 0 Å². The topological polar surface area (TPSA) is 60.0 Å². The number of anilines is 1. The van der Waals surface area contributed by atoms with Crippen LogP contribution in [0.15, 0.2) is 30.7 Å². The maximum absolute atomic E-state index is 5.78. The van der Waals surface area contributed by atoms with Crippen LogP contribution in [0.2, 0.25) is 0 Å². The van der Waals surface area contributed by atoms with Crippen LogP contribution in [0.4, 0.5) is 5.82 Å². The van der Waals surface area contributed by atoms with E-state index in [1.807, 2.05) is 12.3 Å². The number of nitrogens with zero attached hydrogens (tertiary/aromatic N) is 4. The molecule has 118 valence electrons. The Labute approximate surface area is 132 Å². The molecule has 5 nitrogen and oxygen atoms in total. The molecule has 0 saturated carbocycles. The van der Waals surface area contributed by atoms with Crippen molar-refractivity contribution < 1.29 is 0 Å². The number of pyridine rings is 1. The van der Waals surface area contributed by atoms with Gasteiger partial charge in [-0.2, -0.15) is 0 Å². The average Bonchev–Trinajstić information content (AvgIpc) is 2.97. The van der Waals surface area contributed by atoms with Gasteiger partial charge in [0.1, 0.15) is 11.6 Å². The average molecular weight is 299 g/mol. The number of piperidine rings is 1. The van der Waals surface area contributed by atoms with Gasteiger partial charge in [0.2, 0.25) is 0 Å². The zero-order chi connectivity index (χ0) is 15.5. The molecule has 1 atom stereocenters. The van der Waals surface area contributed by atoms with Crippen LogP contribution in [0.3, 0.4) is 0 Å². The Bertz CT molecular complexity index is 619. The van der Waals surface area contributed by atoms with E-state index in [9.17, 15) is 0 Å². The third-order valence-electron chi connectivity index (χ3n) is 4.34. The molecule has 22 heavy (non-hydrogen) atoms. The first kappa shape index (κ1) is 15.0. The molecule has 0 radical (unpaired) electrons. The molecule has 1 fully saturated rings. The minimum atomic E-state index is 0.463. The summed E-state index contributed by atoms with van der Waals surface area (Å²) in [4.78, 5) is 11.1. The fourth-order valence-electron chi connectivity index (χ4n) is 3.33. The van der Waals surface area contributed by atoms with Crippen molar-refractivity contribution in [3.05, 3.63) is 42.1 Å². The molecule has 0 bridgehead atoms. The molecule has 1 unspecified atom stereocenters. The van der Waals surface area contributed by atoms with E-state index in [4.69, 9.17) is 5.73 Å². The normalized spacial score (nSPS) is 19.7. The van der Waals surface area contributed by atoms with E-state index >= 15 is 0 Å². The van der Waals surface area contributed by atoms with Crippen molar-refractivity contribution in [2.24, 2.45) is 0 Å². The standard InChI is InChI=1S/C17H25N5/c1-13(2)17-20-7-9-22(17)15-4-3-8-21(12-15)11-14-5-6-19-16(18)10-14/h5-7,9-10,13,15H,3-4,8,11-12H2,1-2H3,(H2,18,19). The summed E-state index contributed by atoms with van der Waals surface area (Å²) >= 11 is 0. The van der Waals surface area contributed by atoms with E-state index in [-0.39, 0.29) is 0 Å². The molecule has 1 aliphatic rings. The Balaban J connectivity index is 1.70. The van der Waals surface area contributed by atoms with Gasteiger partial charge < -0.3 is 10.3 Å². The summed E-state index contributed by atoms with van der Waals surface area (Å²) < 4.78 is 2.37. The van der Waals surface area contributed by atoms with Crippen molar-refractivity contribution in [2.45, 2.75) is 45.2 Å². The molecule has 0 aliphatic carbocycles. The molecule has 3 heterocycles. The van der Waals surface area contributed by atoms with Gasteiger partial charge in [0.05, 0.1) is 0 Å². The number of nitrogen functional groups attached to an aromatic ring is 1. The molecule has 0 amide bonds. The van der Waals surface area contributed by atoms with Crippen LogP contribution in [0.25, 0.3) is 0 Å². The summed E-state index contributed by atoms with van der Waals surface area (Å²) in [5, 5.41) is 0. The summed E-state index contributed by atoms with van der Waals surface area (Å²) in [5.41, 5.74) is 7.02. The minimum absolute atomic E-state index is 0.463. The predicted molar refractivity (Wildman–Crippen MR) is 88.5 cm³/mol. The molecule has 0 aromatic carbocycles. The van der Waals surface area contributed by atoms with Gasteiger partial charge in [-0.3, -0.25) is 4.90 Å². The van der Waals surface area contributed by atoms with Crippen LogP contribution in [-0.2, 0) is 6.54 Å². The molecule has 2 aromatic rings. The van der Waals surface area contributed by atoms with Gasteiger partial charge in [-0.05, 0) is 37.1 Å². The van der Waals surface area contributed by atoms with Gasteiger partial charge >= 0.3 is 0 Å². The first-order chi connectivity index (χ1) is 10.6. The summed E-state index contributed by atoms with van der Waals surface area (Å²) in [6, 6.07) is 4.55. The van der Waals surface area contributed by atoms with Gasteiger partial charge in [-0.1, -0.05) is 13.8 Å². The Morgan fingerprint density at radius 2 is 2.18 bits per heavy atom. The summed E-state index contributed by atoms with van der Waals surface area (Å²) in [6.07, 6.45) is 8.30. The third kappa shape index (κ3) is 3.30. The number of rotatable bonds is 4. The molecule has 1 saturated heterocycles. The molecule has 2 N–H and O–H groups in total. The lowest BCUT2D eigenvalue weighted by atomic mass is 10.0. The van der Waals surface area contributed by atoms with E-state index in [1.165, 1.54) is 24.2 Å². The molecular weight excluding hydrogens is 274 g/mol. The number of nitrogens with two attached hydrogens (primary N) is 1. The summed E-state index contributed by atoms with van der Waals surface area (Å²) in [6.45, 7) is 7.57. The molecule has 5 heteroatoms. The quantitative estimate of drug-likeness (QED) is 0.943. The highest BCUT2D eigenvalue weighted by Gasteiger charge is 2.23. The highest BCUT2D eigenvalue weighted by molar-refractivity contribution is 5.31. The van der Waals surface area contributed by atoms with Gasteiger partial charge in [-0.15, -0.1) is 0 Å². The number of imidazole rings is 1. The SMILES string of the molecule is CC(C)c1nccn1C1CCCN(Cc2ccnc(N)c2)C1. The van der Waals surface area contributed by atoms with E-state index in [0.717, 1.165) is 19.6 Å². The molecule has 3 rings (SSSR count). The van der Waals surface area contributed by atoms with Crippen molar-refractivity contribution >= 4 is 5.82 Å². The fraction of sp³-hybridized carbons (Fsp3) is 0.529. The number of likely N-dealkylation sites (tertiary alicyclic amines) is 1. The Morgan fingerprint density at radius 3 is 2.95 bits per heavy atom. The second kappa shape index (κ2) is 6.48. The largest absolute Gasteiger partial charge is 0.384 e. The number of hydrogen-bond donors (Lipinski definition) is 1. The monoisotopic (exact) mass is 299 g/mol. The smallest absolute Gasteiger partial charge is 0.123 e. The van der Waals surface area contributed by atoms with E-state index in [1.54, 1.807) is 6.20 Å². The van der Waals surface area contributed by atoms with Crippen molar-refractivity contribution in [3.8, 4) is 0 Å². The molecule has 2 aromatic heterocycles. The van der Waals surface area contributed by atoms with Gasteiger partial charge in [0.25, 0.3) is 0 Å². The zero-order valence-corrected chi connectivity index (χ0v) is 13.4. The lowest BCUT2D eigenvalue weighted by Gasteiger charge is -2.34. The van der Waals surface area contributed by atoms with E-state index < -0.39 is 0 Å². The van der Waals surface area contributed by atoms with Crippen LogP contribution in [0.1, 0.15) is 50.0 Å². The van der Waals surface area contributed by atoms with E-state index in [2.05, 4.69) is 45.5 Å². The fourth-order valence-corrected chi connectivity index (χ4v) is 3.33. The van der Waals surface area contributed by atoms with Crippen molar-refractivity contribution in [1.29, 1.82) is 0 Å². The minimum Gasteiger partial charge on any atom is -0.384 e. The molecule has 0 spiro atoms. The van der Waals surface area contributed by atoms with Crippen LogP contribution >= 0.6 is 0 Å². The second-order valence-electron chi connectivity index (χ2n) is 6.47. The number of hydrogen-bond acceptors (Lipinski definition) is 4. The Hall–Kier alpha value is -1.88. The maximum Gasteiger partial charge on any atom is 0.123 e. The van der Waals surface area contributed by atoms with Crippen molar-refractivity contribution in [2.75, 3.05) is 18.8 Å². The van der Waals surface area contributed by atoms with Crippen molar-refractivity contribution in [3.63, 3.8) is 0 Å². The lowest BCUT2D eigenvalue weighted by Crippen LogP contribution is -2.36. The zero-order valence-electron chi connectivity index (χ0n) is 13.4. The van der Waals surface area contributed by atoms with E-state index in [0.29, 0.717) is 17.8 Å². The molecule has 1 aliphatic heterocycles. The lowest BCUT2D eigenvalue weighted by molar-refractivity contribution is 0.168. The highest BCUT2D eigenvalue weighted by atomic mass is 15.2. The van der Waals surface area contributed by atoms with Crippen molar-refractivity contribution in [1.82, 2.24) is 19.4 Å². The first-order valence-electron chi connectivity index (χ1n) is 8.09. The predicted octanol–water partition coefficient (Wildman–Crippen LogP) is 2.82. The van der Waals surface area contributed by atoms with Gasteiger partial charge in [0, 0.05) is 43.6 Å².